The molecule has 0 aliphatic carbocycles. The van der Waals surface area contributed by atoms with E-state index in [0.29, 0.717) is 18.1 Å². The third-order valence-electron chi connectivity index (χ3n) is 4.27. The summed E-state index contributed by atoms with van der Waals surface area (Å²) in [6.07, 6.45) is 1.56. The number of likely N-dealkylation sites (tertiary alicyclic amines) is 1. The number of carbonyl (C=O) groups is 2. The fourth-order valence-electron chi connectivity index (χ4n) is 2.90. The second-order valence-corrected chi connectivity index (χ2v) is 5.98. The minimum Gasteiger partial charge on any atom is -0.355 e. The lowest BCUT2D eigenvalue weighted by Crippen LogP contribution is -2.47. The summed E-state index contributed by atoms with van der Waals surface area (Å²) >= 11 is 0. The van der Waals surface area contributed by atoms with Crippen molar-refractivity contribution in [2.45, 2.75) is 12.8 Å². The van der Waals surface area contributed by atoms with E-state index in [1.54, 1.807) is 19.2 Å². The second-order valence-electron chi connectivity index (χ2n) is 5.98. The predicted molar refractivity (Wildman–Crippen MR) is 94.0 cm³/mol. The van der Waals surface area contributed by atoms with Gasteiger partial charge in [0, 0.05) is 31.6 Å². The maximum absolute atomic E-state index is 13.0. The number of nitrogens with one attached hydrogen (secondary N) is 2. The number of hydrogen-bond acceptors (Lipinski definition) is 4. The average Bonchev–Trinajstić information content (AvgIpc) is 2.61. The van der Waals surface area contributed by atoms with Crippen LogP contribution in [0.15, 0.2) is 29.3 Å². The molecule has 2 rings (SSSR count). The Bertz CT molecular complexity index is 624. The Labute approximate surface area is 146 Å². The number of benzene rings is 1. The smallest absolute Gasteiger partial charge is 0.318 e. The van der Waals surface area contributed by atoms with E-state index in [4.69, 9.17) is 5.73 Å². The second kappa shape index (κ2) is 9.12. The molecule has 8 heteroatoms. The lowest BCUT2D eigenvalue weighted by Gasteiger charge is -2.31. The van der Waals surface area contributed by atoms with Crippen LogP contribution in [-0.4, -0.2) is 55.9 Å². The molecule has 2 amide bonds. The Morgan fingerprint density at radius 1 is 1.28 bits per heavy atom. The Hall–Kier alpha value is -2.48. The number of hydrogen-bond donors (Lipinski definition) is 3. The highest BCUT2D eigenvalue weighted by Gasteiger charge is 2.25. The van der Waals surface area contributed by atoms with Gasteiger partial charge >= 0.3 is 6.03 Å². The van der Waals surface area contributed by atoms with Crippen LogP contribution in [0.4, 0.5) is 9.18 Å². The van der Waals surface area contributed by atoms with Crippen molar-refractivity contribution < 1.29 is 14.0 Å². The third-order valence-corrected chi connectivity index (χ3v) is 4.27. The van der Waals surface area contributed by atoms with Crippen molar-refractivity contribution in [2.75, 3.05) is 33.2 Å². The number of halogens is 1. The topological polar surface area (TPSA) is 99.8 Å². The molecule has 25 heavy (non-hydrogen) atoms. The van der Waals surface area contributed by atoms with Crippen LogP contribution in [0, 0.1) is 11.7 Å². The molecule has 0 spiro atoms. The number of primary amides is 1. The summed E-state index contributed by atoms with van der Waals surface area (Å²) in [4.78, 5) is 29.4. The molecule has 1 aromatic rings. The molecule has 0 bridgehead atoms. The number of aliphatic imine (C=N–C) groups is 1. The highest BCUT2D eigenvalue weighted by molar-refractivity contribution is 5.98. The lowest BCUT2D eigenvalue weighted by molar-refractivity contribution is 0.0842. The predicted octanol–water partition coefficient (Wildman–Crippen LogP) is 0.964. The van der Waals surface area contributed by atoms with Gasteiger partial charge in [-0.05, 0) is 50.2 Å². The molecule has 0 radical (unpaired) electrons. The van der Waals surface area contributed by atoms with Crippen LogP contribution in [0.25, 0.3) is 0 Å². The van der Waals surface area contributed by atoms with Gasteiger partial charge in [0.1, 0.15) is 5.82 Å². The minimum absolute atomic E-state index is 0.0148. The molecule has 7 nitrogen and oxygen atoms in total. The van der Waals surface area contributed by atoms with Crippen LogP contribution in [0.2, 0.25) is 0 Å². The van der Waals surface area contributed by atoms with E-state index in [9.17, 15) is 14.0 Å². The molecule has 0 atom stereocenters. The van der Waals surface area contributed by atoms with Gasteiger partial charge in [-0.15, -0.1) is 0 Å². The van der Waals surface area contributed by atoms with E-state index in [-0.39, 0.29) is 17.5 Å². The molecular formula is C17H24FN5O2. The van der Waals surface area contributed by atoms with Crippen molar-refractivity contribution in [3.8, 4) is 0 Å². The Kier molecular flexibility index (Phi) is 6.88. The lowest BCUT2D eigenvalue weighted by atomic mass is 9.89. The van der Waals surface area contributed by atoms with E-state index >= 15 is 0 Å². The van der Waals surface area contributed by atoms with Gasteiger partial charge in [0.2, 0.25) is 0 Å². The van der Waals surface area contributed by atoms with Crippen molar-refractivity contribution >= 4 is 17.8 Å². The number of ketones is 1. The van der Waals surface area contributed by atoms with E-state index in [0.717, 1.165) is 32.5 Å². The van der Waals surface area contributed by atoms with Crippen LogP contribution in [0.1, 0.15) is 23.2 Å². The van der Waals surface area contributed by atoms with Gasteiger partial charge in [-0.1, -0.05) is 0 Å². The van der Waals surface area contributed by atoms with Crippen LogP contribution >= 0.6 is 0 Å². The van der Waals surface area contributed by atoms with Gasteiger partial charge in [0.25, 0.3) is 0 Å². The van der Waals surface area contributed by atoms with Crippen LogP contribution in [0.5, 0.6) is 0 Å². The number of rotatable bonds is 5. The standard InChI is InChI=1S/C17H24FN5O2/c1-20-17(22-16(19)25)21-8-11-23-9-6-13(7-10-23)15(24)12-2-4-14(18)5-3-12/h2-5,13H,6-11H2,1H3,(H4,19,20,21,22,25). The van der Waals surface area contributed by atoms with Crippen LogP contribution in [-0.2, 0) is 0 Å². The van der Waals surface area contributed by atoms with E-state index in [1.807, 2.05) is 0 Å². The monoisotopic (exact) mass is 349 g/mol. The summed E-state index contributed by atoms with van der Waals surface area (Å²) < 4.78 is 13.0. The number of guanidine groups is 1. The highest BCUT2D eigenvalue weighted by Crippen LogP contribution is 2.21. The molecule has 0 unspecified atom stereocenters. The normalized spacial score (nSPS) is 16.5. The summed E-state index contributed by atoms with van der Waals surface area (Å²) in [6.45, 7) is 3.03. The Morgan fingerprint density at radius 3 is 2.48 bits per heavy atom. The van der Waals surface area contributed by atoms with Gasteiger partial charge < -0.3 is 16.0 Å². The summed E-state index contributed by atoms with van der Waals surface area (Å²) in [5, 5.41) is 5.41. The van der Waals surface area contributed by atoms with Crippen molar-refractivity contribution in [2.24, 2.45) is 16.6 Å². The molecule has 4 N–H and O–H groups in total. The minimum atomic E-state index is -0.659. The number of nitrogens with zero attached hydrogens (tertiary/aromatic N) is 2. The largest absolute Gasteiger partial charge is 0.355 e. The van der Waals surface area contributed by atoms with Gasteiger partial charge in [-0.3, -0.25) is 15.1 Å². The number of urea groups is 1. The third kappa shape index (κ3) is 5.82. The molecular weight excluding hydrogens is 325 g/mol. The zero-order valence-corrected chi connectivity index (χ0v) is 14.3. The number of piperidine rings is 1. The van der Waals surface area contributed by atoms with Gasteiger partial charge in [-0.25, -0.2) is 9.18 Å². The molecule has 1 heterocycles. The first kappa shape index (κ1) is 18.9. The molecule has 1 aliphatic rings. The number of amides is 2. The zero-order valence-electron chi connectivity index (χ0n) is 14.3. The molecule has 0 saturated carbocycles. The molecule has 1 saturated heterocycles. The first-order valence-corrected chi connectivity index (χ1v) is 8.29. The molecule has 1 aliphatic heterocycles. The number of carbonyl (C=O) groups excluding carboxylic acids is 2. The highest BCUT2D eigenvalue weighted by atomic mass is 19.1. The number of nitrogens with two attached hydrogens (primary N) is 1. The number of Topliss-reactive ketones (excluding diaryl/α,β-unsaturated/α-hetero) is 1. The Morgan fingerprint density at radius 2 is 1.92 bits per heavy atom. The SMILES string of the molecule is CN=C(NCCN1CCC(C(=O)c2ccc(F)cc2)CC1)NC(N)=O. The van der Waals surface area contributed by atoms with Gasteiger partial charge in [0.05, 0.1) is 0 Å². The quantitative estimate of drug-likeness (QED) is 0.419. The fourth-order valence-corrected chi connectivity index (χ4v) is 2.90. The molecule has 1 aromatic carbocycles. The van der Waals surface area contributed by atoms with Crippen molar-refractivity contribution in [3.63, 3.8) is 0 Å². The molecule has 1 fully saturated rings. The maximum Gasteiger partial charge on any atom is 0.318 e. The summed E-state index contributed by atoms with van der Waals surface area (Å²) in [5.41, 5.74) is 5.62. The molecule has 0 aromatic heterocycles. The average molecular weight is 349 g/mol. The Balaban J connectivity index is 1.73. The van der Waals surface area contributed by atoms with Crippen molar-refractivity contribution in [1.82, 2.24) is 15.5 Å². The van der Waals surface area contributed by atoms with E-state index in [2.05, 4.69) is 20.5 Å². The van der Waals surface area contributed by atoms with E-state index < -0.39 is 6.03 Å². The first-order valence-electron chi connectivity index (χ1n) is 8.29. The zero-order chi connectivity index (χ0) is 18.2. The van der Waals surface area contributed by atoms with Crippen LogP contribution in [0.3, 0.4) is 0 Å². The van der Waals surface area contributed by atoms with Gasteiger partial charge in [0.15, 0.2) is 11.7 Å². The maximum atomic E-state index is 13.0. The first-order chi connectivity index (χ1) is 12.0. The van der Waals surface area contributed by atoms with Gasteiger partial charge in [-0.2, -0.15) is 0 Å². The van der Waals surface area contributed by atoms with Crippen molar-refractivity contribution in [1.29, 1.82) is 0 Å². The summed E-state index contributed by atoms with van der Waals surface area (Å²) in [7, 11) is 1.56. The van der Waals surface area contributed by atoms with Crippen molar-refractivity contribution in [3.05, 3.63) is 35.6 Å². The van der Waals surface area contributed by atoms with Crippen LogP contribution < -0.4 is 16.4 Å². The molecule has 136 valence electrons. The van der Waals surface area contributed by atoms with E-state index in [1.165, 1.54) is 12.1 Å². The summed E-state index contributed by atoms with van der Waals surface area (Å²) in [6, 6.07) is 5.08. The summed E-state index contributed by atoms with van der Waals surface area (Å²) in [5.74, 6) is 0.0800. The fraction of sp³-hybridized carbons (Fsp3) is 0.471.